The molecule has 0 radical (unpaired) electrons. The zero-order valence-corrected chi connectivity index (χ0v) is 25.0. The van der Waals surface area contributed by atoms with Gasteiger partial charge in [-0.3, -0.25) is 14.8 Å². The standard InChI is InChI=1S/C28H33Br2ClN3O3/c1-17(35)32-8-4-18(5-9-32)12-25(36)33-10-6-19(7-11-33)27-26-20(14-23(31)15-24(26)30)2-3-21-13-22(29)16-34(37)28(21)27/h13-16,18-19,27,37H,2-12H2,1H3/q+1/t27-/m0/s1. The molecule has 5 rings (SSSR count). The highest BCUT2D eigenvalue weighted by atomic mass is 79.9. The van der Waals surface area contributed by atoms with Gasteiger partial charge in [0, 0.05) is 59.3 Å². The molecule has 2 saturated heterocycles. The van der Waals surface area contributed by atoms with Gasteiger partial charge < -0.3 is 9.80 Å². The number of benzene rings is 1. The maximum absolute atomic E-state index is 13.2. The zero-order chi connectivity index (χ0) is 26.3. The number of piperidine rings is 2. The molecule has 0 unspecified atom stereocenters. The molecule has 6 nitrogen and oxygen atoms in total. The number of amides is 2. The molecule has 1 N–H and O–H groups in total. The minimum Gasteiger partial charge on any atom is -0.343 e. The van der Waals surface area contributed by atoms with Gasteiger partial charge in [-0.1, -0.05) is 27.5 Å². The van der Waals surface area contributed by atoms with Crippen molar-refractivity contribution < 1.29 is 19.5 Å². The van der Waals surface area contributed by atoms with Gasteiger partial charge in [0.25, 0.3) is 0 Å². The van der Waals surface area contributed by atoms with Crippen LogP contribution in [0.2, 0.25) is 5.02 Å². The molecule has 3 aliphatic rings. The molecule has 1 aromatic carbocycles. The number of aryl methyl sites for hydroxylation is 2. The van der Waals surface area contributed by atoms with Crippen LogP contribution in [0, 0.1) is 11.8 Å². The second-order valence-electron chi connectivity index (χ2n) is 10.7. The molecular weight excluding hydrogens is 622 g/mol. The summed E-state index contributed by atoms with van der Waals surface area (Å²) in [6.07, 6.45) is 7.53. The van der Waals surface area contributed by atoms with Gasteiger partial charge in [0.2, 0.25) is 23.7 Å². The van der Waals surface area contributed by atoms with Crippen molar-refractivity contribution in [3.8, 4) is 0 Å². The third-order valence-electron chi connectivity index (χ3n) is 8.47. The zero-order valence-electron chi connectivity index (χ0n) is 21.1. The van der Waals surface area contributed by atoms with Gasteiger partial charge in [0.1, 0.15) is 0 Å². The van der Waals surface area contributed by atoms with Crippen LogP contribution < -0.4 is 4.73 Å². The molecule has 2 aliphatic heterocycles. The maximum Gasteiger partial charge on any atom is 0.245 e. The Morgan fingerprint density at radius 2 is 1.65 bits per heavy atom. The van der Waals surface area contributed by atoms with Crippen LogP contribution in [0.15, 0.2) is 33.3 Å². The van der Waals surface area contributed by atoms with Crippen molar-refractivity contribution in [2.45, 2.75) is 57.8 Å². The second-order valence-corrected chi connectivity index (χ2v) is 12.9. The minimum absolute atomic E-state index is 0.00500. The van der Waals surface area contributed by atoms with Gasteiger partial charge in [-0.05, 0) is 95.6 Å². The van der Waals surface area contributed by atoms with E-state index in [1.807, 2.05) is 15.9 Å². The number of aromatic nitrogens is 1. The number of hydrogen-bond acceptors (Lipinski definition) is 3. The third-order valence-corrected chi connectivity index (χ3v) is 9.78. The number of fused-ring (bicyclic) bond motifs is 2. The van der Waals surface area contributed by atoms with Crippen LogP contribution in [0.4, 0.5) is 0 Å². The molecule has 1 aliphatic carbocycles. The first-order valence-electron chi connectivity index (χ1n) is 13.2. The summed E-state index contributed by atoms with van der Waals surface area (Å²) in [4.78, 5) is 28.7. The predicted molar refractivity (Wildman–Crippen MR) is 149 cm³/mol. The molecule has 9 heteroatoms. The monoisotopic (exact) mass is 652 g/mol. The summed E-state index contributed by atoms with van der Waals surface area (Å²) in [6, 6.07) is 6.13. The van der Waals surface area contributed by atoms with E-state index in [-0.39, 0.29) is 23.7 Å². The summed E-state index contributed by atoms with van der Waals surface area (Å²) in [6.45, 7) is 4.58. The van der Waals surface area contributed by atoms with E-state index in [0.717, 1.165) is 84.9 Å². The lowest BCUT2D eigenvalue weighted by Crippen LogP contribution is -2.44. The van der Waals surface area contributed by atoms with Gasteiger partial charge in [-0.25, -0.2) is 0 Å². The average Bonchev–Trinajstić information content (AvgIpc) is 3.02. The number of pyridine rings is 1. The van der Waals surface area contributed by atoms with Crippen molar-refractivity contribution in [3.63, 3.8) is 0 Å². The molecule has 2 aromatic rings. The number of rotatable bonds is 3. The van der Waals surface area contributed by atoms with E-state index >= 15 is 0 Å². The second kappa shape index (κ2) is 11.2. The highest BCUT2D eigenvalue weighted by molar-refractivity contribution is 9.10. The van der Waals surface area contributed by atoms with Gasteiger partial charge in [0.15, 0.2) is 0 Å². The molecule has 2 fully saturated rings. The fourth-order valence-corrected chi connectivity index (χ4v) is 8.11. The fraction of sp³-hybridized carbons (Fsp3) is 0.536. The van der Waals surface area contributed by atoms with Crippen LogP contribution in [-0.2, 0) is 22.4 Å². The molecule has 37 heavy (non-hydrogen) atoms. The smallest absolute Gasteiger partial charge is 0.245 e. The number of halogens is 3. The SMILES string of the molecule is CC(=O)N1CCC(CC(=O)N2CCC([C@H]3c4c(Br)cc(Cl)cc4CCc4cc(Br)c[n+](O)c43)CC2)CC1. The quantitative estimate of drug-likeness (QED) is 0.351. The Morgan fingerprint density at radius 3 is 2.32 bits per heavy atom. The highest BCUT2D eigenvalue weighted by Gasteiger charge is 2.41. The number of nitrogens with zero attached hydrogens (tertiary/aromatic N) is 3. The van der Waals surface area contributed by atoms with Crippen LogP contribution in [0.5, 0.6) is 0 Å². The molecule has 3 heterocycles. The van der Waals surface area contributed by atoms with Crippen LogP contribution in [0.3, 0.4) is 0 Å². The summed E-state index contributed by atoms with van der Waals surface area (Å²) >= 11 is 13.8. The number of carbonyl (C=O) groups is 2. The first-order valence-corrected chi connectivity index (χ1v) is 15.1. The number of likely N-dealkylation sites (tertiary alicyclic amines) is 2. The summed E-state index contributed by atoms with van der Waals surface area (Å²) in [5, 5.41) is 11.8. The topological polar surface area (TPSA) is 64.7 Å². The van der Waals surface area contributed by atoms with Gasteiger partial charge >= 0.3 is 0 Å². The van der Waals surface area contributed by atoms with Gasteiger partial charge in [0.05, 0.1) is 10.4 Å². The van der Waals surface area contributed by atoms with E-state index in [1.165, 1.54) is 15.9 Å². The summed E-state index contributed by atoms with van der Waals surface area (Å²) in [5.41, 5.74) is 4.49. The predicted octanol–water partition coefficient (Wildman–Crippen LogP) is 5.51. The van der Waals surface area contributed by atoms with E-state index < -0.39 is 0 Å². The normalized spacial score (nSPS) is 20.8. The molecule has 0 saturated carbocycles. The van der Waals surface area contributed by atoms with E-state index in [1.54, 1.807) is 13.1 Å². The van der Waals surface area contributed by atoms with E-state index in [9.17, 15) is 14.8 Å². The Kier molecular flexibility index (Phi) is 8.18. The molecule has 198 valence electrons. The van der Waals surface area contributed by atoms with E-state index in [4.69, 9.17) is 11.6 Å². The first kappa shape index (κ1) is 26.9. The van der Waals surface area contributed by atoms with Crippen molar-refractivity contribution in [1.29, 1.82) is 0 Å². The lowest BCUT2D eigenvalue weighted by molar-refractivity contribution is -0.911. The van der Waals surface area contributed by atoms with Crippen molar-refractivity contribution in [3.05, 3.63) is 60.7 Å². The first-order chi connectivity index (χ1) is 17.7. The van der Waals surface area contributed by atoms with E-state index in [0.29, 0.717) is 17.4 Å². The van der Waals surface area contributed by atoms with Crippen molar-refractivity contribution in [2.24, 2.45) is 11.8 Å². The highest BCUT2D eigenvalue weighted by Crippen LogP contribution is 2.45. The van der Waals surface area contributed by atoms with Gasteiger partial charge in [-0.2, -0.15) is 0 Å². The lowest BCUT2D eigenvalue weighted by atomic mass is 9.76. The van der Waals surface area contributed by atoms with Crippen molar-refractivity contribution >= 4 is 55.3 Å². The minimum atomic E-state index is 0.00500. The van der Waals surface area contributed by atoms with Crippen molar-refractivity contribution in [1.82, 2.24) is 9.80 Å². The van der Waals surface area contributed by atoms with Crippen molar-refractivity contribution in [2.75, 3.05) is 26.2 Å². The molecule has 0 spiro atoms. The summed E-state index contributed by atoms with van der Waals surface area (Å²) < 4.78 is 3.13. The molecule has 2 amide bonds. The lowest BCUT2D eigenvalue weighted by Gasteiger charge is -2.37. The maximum atomic E-state index is 13.2. The summed E-state index contributed by atoms with van der Waals surface area (Å²) in [7, 11) is 0. The largest absolute Gasteiger partial charge is 0.343 e. The van der Waals surface area contributed by atoms with E-state index in [2.05, 4.69) is 44.0 Å². The average molecular weight is 655 g/mol. The molecule has 1 aromatic heterocycles. The molecular formula is C28H33Br2ClN3O3+. The van der Waals surface area contributed by atoms with Gasteiger partial charge in [-0.15, -0.1) is 0 Å². The van der Waals surface area contributed by atoms with Crippen LogP contribution in [0.25, 0.3) is 0 Å². The number of hydrogen-bond donors (Lipinski definition) is 1. The van der Waals surface area contributed by atoms with Crippen LogP contribution >= 0.6 is 43.5 Å². The Morgan fingerprint density at radius 1 is 1.00 bits per heavy atom. The Balaban J connectivity index is 1.34. The third kappa shape index (κ3) is 5.71. The number of carbonyl (C=O) groups excluding carboxylic acids is 2. The fourth-order valence-electron chi connectivity index (χ4n) is 6.52. The van der Waals surface area contributed by atoms with Crippen LogP contribution in [-0.4, -0.2) is 53.0 Å². The Labute approximate surface area is 240 Å². The Hall–Kier alpha value is -1.64. The molecule has 1 atom stereocenters. The Bertz CT molecular complexity index is 1150. The summed E-state index contributed by atoms with van der Waals surface area (Å²) in [5.74, 6) is 1.00. The van der Waals surface area contributed by atoms with Crippen LogP contribution in [0.1, 0.15) is 67.3 Å². The molecule has 0 bridgehead atoms.